The van der Waals surface area contributed by atoms with Crippen LogP contribution in [-0.2, 0) is 4.79 Å². The lowest BCUT2D eigenvalue weighted by Crippen LogP contribution is -2.14. The molecule has 4 aromatic rings. The number of hydrogen-bond donors (Lipinski definition) is 3. The van der Waals surface area contributed by atoms with Gasteiger partial charge in [0.15, 0.2) is 0 Å². The van der Waals surface area contributed by atoms with Gasteiger partial charge in [-0.1, -0.05) is 12.1 Å². The van der Waals surface area contributed by atoms with Crippen molar-refractivity contribution in [3.63, 3.8) is 0 Å². The molecule has 0 bridgehead atoms. The second kappa shape index (κ2) is 8.99. The van der Waals surface area contributed by atoms with Crippen LogP contribution in [0.4, 0.5) is 28.8 Å². The number of rotatable bonds is 7. The summed E-state index contributed by atoms with van der Waals surface area (Å²) >= 11 is 2.20. The predicted octanol–water partition coefficient (Wildman–Crippen LogP) is 5.71. The van der Waals surface area contributed by atoms with Gasteiger partial charge in [0.2, 0.25) is 11.9 Å². The average Bonchev–Trinajstić information content (AvgIpc) is 3.52. The van der Waals surface area contributed by atoms with Crippen LogP contribution in [0.25, 0.3) is 5.69 Å². The Labute approximate surface area is 199 Å². The van der Waals surface area contributed by atoms with E-state index < -0.39 is 0 Å². The van der Waals surface area contributed by atoms with Crippen LogP contribution < -0.4 is 16.0 Å². The molecule has 0 atom stereocenters. The van der Waals surface area contributed by atoms with E-state index in [0.29, 0.717) is 11.8 Å². The molecule has 7 nitrogen and oxygen atoms in total. The number of hydrogen-bond acceptors (Lipinski definition) is 5. The zero-order chi connectivity index (χ0) is 21.9. The highest BCUT2D eigenvalue weighted by atomic mass is 127. The monoisotopic (exact) mass is 536 g/mol. The van der Waals surface area contributed by atoms with E-state index in [0.717, 1.165) is 39.2 Å². The molecule has 1 saturated carbocycles. The molecule has 2 aromatic heterocycles. The first kappa shape index (κ1) is 20.5. The van der Waals surface area contributed by atoms with Crippen LogP contribution in [0, 0.1) is 9.49 Å². The molecule has 5 rings (SSSR count). The Bertz CT molecular complexity index is 1240. The van der Waals surface area contributed by atoms with Crippen molar-refractivity contribution < 1.29 is 4.79 Å². The van der Waals surface area contributed by atoms with Gasteiger partial charge < -0.3 is 20.5 Å². The molecule has 1 fully saturated rings. The fourth-order valence-corrected chi connectivity index (χ4v) is 3.67. The first-order chi connectivity index (χ1) is 15.7. The van der Waals surface area contributed by atoms with Crippen molar-refractivity contribution in [1.29, 1.82) is 0 Å². The van der Waals surface area contributed by atoms with Crippen molar-refractivity contribution in [2.75, 3.05) is 16.0 Å². The minimum Gasteiger partial charge on any atom is -0.337 e. The molecular weight excluding hydrogens is 515 g/mol. The first-order valence-corrected chi connectivity index (χ1v) is 11.4. The van der Waals surface area contributed by atoms with E-state index in [4.69, 9.17) is 0 Å². The standard InChI is InChI=1S/C24H21IN6O/c25-19-15-26-24(27-17-9-11-18(12-10-17)31-13-3-4-14-31)30-22(19)28-20-5-1-2-6-21(20)29-23(32)16-7-8-16/h1-6,9-16H,7-8H2,(H,29,32)(H2,26,27,28,30). The lowest BCUT2D eigenvalue weighted by molar-refractivity contribution is -0.117. The van der Waals surface area contributed by atoms with Crippen molar-refractivity contribution in [3.05, 3.63) is 82.8 Å². The molecule has 32 heavy (non-hydrogen) atoms. The second-order valence-electron chi connectivity index (χ2n) is 7.59. The third-order valence-electron chi connectivity index (χ3n) is 5.16. The number of amides is 1. The molecule has 8 heteroatoms. The van der Waals surface area contributed by atoms with E-state index in [1.807, 2.05) is 77.6 Å². The van der Waals surface area contributed by atoms with Gasteiger partial charge in [-0.2, -0.15) is 4.98 Å². The smallest absolute Gasteiger partial charge is 0.229 e. The van der Waals surface area contributed by atoms with E-state index in [9.17, 15) is 4.79 Å². The Hall–Kier alpha value is -3.40. The number of benzene rings is 2. The minimum atomic E-state index is 0.0716. The molecule has 2 aromatic carbocycles. The van der Waals surface area contributed by atoms with Gasteiger partial charge in [0, 0.05) is 35.9 Å². The highest BCUT2D eigenvalue weighted by molar-refractivity contribution is 14.1. The molecule has 3 N–H and O–H groups in total. The zero-order valence-electron chi connectivity index (χ0n) is 17.1. The Balaban J connectivity index is 1.33. The number of nitrogens with one attached hydrogen (secondary N) is 3. The Morgan fingerprint density at radius 2 is 1.66 bits per heavy atom. The minimum absolute atomic E-state index is 0.0716. The van der Waals surface area contributed by atoms with Gasteiger partial charge in [0.25, 0.3) is 0 Å². The van der Waals surface area contributed by atoms with Crippen molar-refractivity contribution in [3.8, 4) is 5.69 Å². The average molecular weight is 536 g/mol. The highest BCUT2D eigenvalue weighted by Gasteiger charge is 2.30. The second-order valence-corrected chi connectivity index (χ2v) is 8.75. The van der Waals surface area contributed by atoms with E-state index in [2.05, 4.69) is 48.5 Å². The summed E-state index contributed by atoms with van der Waals surface area (Å²) in [6, 6.07) is 19.7. The lowest BCUT2D eigenvalue weighted by atomic mass is 10.2. The van der Waals surface area contributed by atoms with Gasteiger partial charge in [0.1, 0.15) is 5.82 Å². The Morgan fingerprint density at radius 1 is 0.938 bits per heavy atom. The summed E-state index contributed by atoms with van der Waals surface area (Å²) in [4.78, 5) is 21.3. The van der Waals surface area contributed by atoms with Gasteiger partial charge in [-0.05, 0) is 84.0 Å². The van der Waals surface area contributed by atoms with Crippen LogP contribution >= 0.6 is 22.6 Å². The van der Waals surface area contributed by atoms with Crippen molar-refractivity contribution >= 4 is 57.3 Å². The van der Waals surface area contributed by atoms with Crippen molar-refractivity contribution in [1.82, 2.24) is 14.5 Å². The van der Waals surface area contributed by atoms with E-state index in [1.54, 1.807) is 6.20 Å². The van der Waals surface area contributed by atoms with E-state index in [1.165, 1.54) is 0 Å². The molecule has 1 aliphatic rings. The number of halogens is 1. The van der Waals surface area contributed by atoms with Crippen LogP contribution in [0.1, 0.15) is 12.8 Å². The molecule has 2 heterocycles. The van der Waals surface area contributed by atoms with Crippen LogP contribution in [0.2, 0.25) is 0 Å². The van der Waals surface area contributed by atoms with Crippen molar-refractivity contribution in [2.45, 2.75) is 12.8 Å². The van der Waals surface area contributed by atoms with Gasteiger partial charge in [-0.25, -0.2) is 4.98 Å². The summed E-state index contributed by atoms with van der Waals surface area (Å²) < 4.78 is 2.92. The first-order valence-electron chi connectivity index (χ1n) is 10.4. The normalized spacial score (nSPS) is 12.9. The summed E-state index contributed by atoms with van der Waals surface area (Å²) in [6.07, 6.45) is 7.71. The largest absolute Gasteiger partial charge is 0.337 e. The quantitative estimate of drug-likeness (QED) is 0.264. The van der Waals surface area contributed by atoms with Crippen LogP contribution in [-0.4, -0.2) is 20.4 Å². The van der Waals surface area contributed by atoms with Crippen molar-refractivity contribution in [2.24, 2.45) is 5.92 Å². The van der Waals surface area contributed by atoms with E-state index >= 15 is 0 Å². The molecule has 0 saturated heterocycles. The maximum Gasteiger partial charge on any atom is 0.229 e. The predicted molar refractivity (Wildman–Crippen MR) is 135 cm³/mol. The lowest BCUT2D eigenvalue weighted by Gasteiger charge is -2.14. The molecular formula is C24H21IN6O. The van der Waals surface area contributed by atoms with Crippen LogP contribution in [0.3, 0.4) is 0 Å². The number of carbonyl (C=O) groups excluding carboxylic acids is 1. The van der Waals surface area contributed by atoms with Gasteiger partial charge >= 0.3 is 0 Å². The molecule has 160 valence electrons. The third-order valence-corrected chi connectivity index (χ3v) is 5.95. The summed E-state index contributed by atoms with van der Waals surface area (Å²) in [7, 11) is 0. The SMILES string of the molecule is O=C(Nc1ccccc1Nc1nc(Nc2ccc(-n3cccc3)cc2)ncc1I)C1CC1. The van der Waals surface area contributed by atoms with Crippen LogP contribution in [0.15, 0.2) is 79.3 Å². The number of anilines is 5. The Kier molecular flexibility index (Phi) is 5.76. The summed E-state index contributed by atoms with van der Waals surface area (Å²) in [5.41, 5.74) is 3.51. The third kappa shape index (κ3) is 4.75. The van der Waals surface area contributed by atoms with Crippen LogP contribution in [0.5, 0.6) is 0 Å². The molecule has 1 amide bonds. The Morgan fingerprint density at radius 3 is 2.38 bits per heavy atom. The topological polar surface area (TPSA) is 83.9 Å². The number of nitrogens with zero attached hydrogens (tertiary/aromatic N) is 3. The number of aromatic nitrogens is 3. The van der Waals surface area contributed by atoms with Gasteiger partial charge in [-0.3, -0.25) is 4.79 Å². The van der Waals surface area contributed by atoms with Gasteiger partial charge in [0.05, 0.1) is 14.9 Å². The fourth-order valence-electron chi connectivity index (χ4n) is 3.28. The summed E-state index contributed by atoms with van der Waals surface area (Å²) in [6.45, 7) is 0. The molecule has 0 aliphatic heterocycles. The molecule has 1 aliphatic carbocycles. The maximum absolute atomic E-state index is 12.2. The molecule has 0 radical (unpaired) electrons. The number of carbonyl (C=O) groups is 1. The maximum atomic E-state index is 12.2. The fraction of sp³-hybridized carbons (Fsp3) is 0.125. The zero-order valence-corrected chi connectivity index (χ0v) is 19.3. The van der Waals surface area contributed by atoms with E-state index in [-0.39, 0.29) is 11.8 Å². The molecule has 0 unspecified atom stereocenters. The van der Waals surface area contributed by atoms with Gasteiger partial charge in [-0.15, -0.1) is 0 Å². The highest BCUT2D eigenvalue weighted by Crippen LogP contribution is 2.33. The summed E-state index contributed by atoms with van der Waals surface area (Å²) in [5.74, 6) is 1.37. The summed E-state index contributed by atoms with van der Waals surface area (Å²) in [5, 5.41) is 9.62. The number of para-hydroxylation sites is 2. The molecule has 0 spiro atoms.